The molecule has 0 aliphatic carbocycles. The Morgan fingerprint density at radius 1 is 0.931 bits per heavy atom. The molecule has 1 N–H and O–H groups in total. The lowest BCUT2D eigenvalue weighted by Gasteiger charge is -2.12. The van der Waals surface area contributed by atoms with E-state index in [1.807, 2.05) is 42.1 Å². The summed E-state index contributed by atoms with van der Waals surface area (Å²) in [4.78, 5) is 4.19. The molecular weight excluding hydrogens is 360 g/mol. The van der Waals surface area contributed by atoms with Crippen LogP contribution >= 0.6 is 0 Å². The van der Waals surface area contributed by atoms with Gasteiger partial charge >= 0.3 is 5.82 Å². The van der Waals surface area contributed by atoms with Crippen molar-refractivity contribution in [1.29, 1.82) is 0 Å². The molecule has 0 aliphatic heterocycles. The number of benzene rings is 2. The molecule has 1 aromatic heterocycles. The van der Waals surface area contributed by atoms with Crippen molar-refractivity contribution in [3.8, 4) is 0 Å². The molecular formula is C23H31N6+. The molecule has 6 heteroatoms. The first kappa shape index (κ1) is 20.5. The van der Waals surface area contributed by atoms with Gasteiger partial charge < -0.3 is 9.80 Å². The van der Waals surface area contributed by atoms with Crippen LogP contribution in [-0.2, 0) is 13.0 Å². The van der Waals surface area contributed by atoms with Crippen molar-refractivity contribution in [2.75, 3.05) is 43.4 Å². The van der Waals surface area contributed by atoms with E-state index in [-0.39, 0.29) is 0 Å². The summed E-state index contributed by atoms with van der Waals surface area (Å²) in [5.74, 6) is 1.09. The lowest BCUT2D eigenvalue weighted by Crippen LogP contribution is -2.33. The highest BCUT2D eigenvalue weighted by atomic mass is 15.5. The smallest absolute Gasteiger partial charge is 0.304 e. The maximum atomic E-state index is 4.64. The monoisotopic (exact) mass is 391 g/mol. The lowest BCUT2D eigenvalue weighted by atomic mass is 10.2. The van der Waals surface area contributed by atoms with Crippen LogP contribution in [-0.4, -0.2) is 39.1 Å². The second-order valence-electron chi connectivity index (χ2n) is 7.41. The fourth-order valence-corrected chi connectivity index (χ4v) is 3.07. The average molecular weight is 392 g/mol. The van der Waals surface area contributed by atoms with E-state index < -0.39 is 0 Å². The van der Waals surface area contributed by atoms with Crippen molar-refractivity contribution in [2.24, 2.45) is 5.10 Å². The van der Waals surface area contributed by atoms with Crippen LogP contribution in [0.3, 0.4) is 0 Å². The van der Waals surface area contributed by atoms with Crippen LogP contribution in [0.2, 0.25) is 0 Å². The Balaban J connectivity index is 1.67. The molecule has 29 heavy (non-hydrogen) atoms. The van der Waals surface area contributed by atoms with E-state index in [9.17, 15) is 0 Å². The molecule has 2 aromatic carbocycles. The molecule has 0 saturated carbocycles. The molecule has 6 nitrogen and oxygen atoms in total. The van der Waals surface area contributed by atoms with Gasteiger partial charge in [-0.1, -0.05) is 36.3 Å². The Kier molecular flexibility index (Phi) is 6.54. The Morgan fingerprint density at radius 3 is 2.07 bits per heavy atom. The second-order valence-corrected chi connectivity index (χ2v) is 7.41. The Morgan fingerprint density at radius 2 is 1.52 bits per heavy atom. The van der Waals surface area contributed by atoms with Gasteiger partial charge in [-0.15, -0.1) is 9.35 Å². The standard InChI is InChI=1S/C23H31N6/c1-6-23-28(24-17-19-7-11-21(12-8-19)26(2)3)15-16-29(23)25-18-20-9-13-22(14-10-20)27(4)5/h7-17,25H,6,18H2,1-5H3/q+1/b24-17+. The highest BCUT2D eigenvalue weighted by molar-refractivity contribution is 5.79. The minimum atomic E-state index is 0.755. The predicted octanol–water partition coefficient (Wildman–Crippen LogP) is 3.10. The zero-order valence-electron chi connectivity index (χ0n) is 18.0. The largest absolute Gasteiger partial charge is 0.378 e. The van der Waals surface area contributed by atoms with Gasteiger partial charge in [-0.2, -0.15) is 0 Å². The van der Waals surface area contributed by atoms with Gasteiger partial charge in [0, 0.05) is 39.6 Å². The molecule has 0 unspecified atom stereocenters. The fourth-order valence-electron chi connectivity index (χ4n) is 3.07. The number of aromatic nitrogens is 2. The fraction of sp³-hybridized carbons (Fsp3) is 0.304. The van der Waals surface area contributed by atoms with Crippen LogP contribution in [0.1, 0.15) is 23.9 Å². The Bertz CT molecular complexity index is 937. The summed E-state index contributed by atoms with van der Waals surface area (Å²) in [6.07, 6.45) is 6.75. The number of hydrogen-bond donors (Lipinski definition) is 1. The van der Waals surface area contributed by atoms with Gasteiger partial charge in [0.15, 0.2) is 12.4 Å². The van der Waals surface area contributed by atoms with E-state index in [2.05, 4.69) is 89.9 Å². The summed E-state index contributed by atoms with van der Waals surface area (Å²) < 4.78 is 3.97. The number of hydrogen-bond acceptors (Lipinski definition) is 4. The van der Waals surface area contributed by atoms with Crippen LogP contribution in [0, 0.1) is 0 Å². The molecule has 0 radical (unpaired) electrons. The Labute approximate surface area is 173 Å². The molecule has 0 spiro atoms. The topological polar surface area (TPSA) is 39.7 Å². The second kappa shape index (κ2) is 9.28. The van der Waals surface area contributed by atoms with E-state index in [1.54, 1.807) is 0 Å². The van der Waals surface area contributed by atoms with Gasteiger partial charge in [0.05, 0.1) is 19.2 Å². The molecule has 152 valence electrons. The van der Waals surface area contributed by atoms with Gasteiger partial charge in [0.1, 0.15) is 0 Å². The number of nitrogens with zero attached hydrogens (tertiary/aromatic N) is 5. The minimum absolute atomic E-state index is 0.755. The number of anilines is 2. The summed E-state index contributed by atoms with van der Waals surface area (Å²) in [5, 5.41) is 4.64. The average Bonchev–Trinajstić information content (AvgIpc) is 3.13. The highest BCUT2D eigenvalue weighted by Crippen LogP contribution is 2.13. The molecule has 0 bridgehead atoms. The minimum Gasteiger partial charge on any atom is -0.378 e. The molecule has 0 amide bonds. The molecule has 0 saturated heterocycles. The summed E-state index contributed by atoms with van der Waals surface area (Å²) >= 11 is 0. The van der Waals surface area contributed by atoms with E-state index >= 15 is 0 Å². The van der Waals surface area contributed by atoms with Crippen molar-refractivity contribution in [1.82, 2.24) is 4.68 Å². The quantitative estimate of drug-likeness (QED) is 0.474. The summed E-state index contributed by atoms with van der Waals surface area (Å²) in [5.41, 5.74) is 8.17. The van der Waals surface area contributed by atoms with Crippen LogP contribution in [0.25, 0.3) is 0 Å². The van der Waals surface area contributed by atoms with Gasteiger partial charge in [-0.3, -0.25) is 5.43 Å². The maximum Gasteiger partial charge on any atom is 0.304 e. The van der Waals surface area contributed by atoms with Crippen molar-refractivity contribution in [3.05, 3.63) is 77.9 Å². The number of nitrogens with one attached hydrogen (secondary N) is 1. The zero-order valence-corrected chi connectivity index (χ0v) is 18.0. The molecule has 0 atom stereocenters. The summed E-state index contributed by atoms with van der Waals surface area (Å²) in [6, 6.07) is 16.9. The van der Waals surface area contributed by atoms with E-state index in [1.165, 1.54) is 16.9 Å². The molecule has 3 rings (SSSR count). The predicted molar refractivity (Wildman–Crippen MR) is 122 cm³/mol. The highest BCUT2D eigenvalue weighted by Gasteiger charge is 2.15. The van der Waals surface area contributed by atoms with E-state index in [0.717, 1.165) is 24.4 Å². The first-order chi connectivity index (χ1) is 14.0. The van der Waals surface area contributed by atoms with Crippen molar-refractivity contribution < 1.29 is 4.68 Å². The van der Waals surface area contributed by atoms with Gasteiger partial charge in [-0.05, 0) is 35.4 Å². The van der Waals surface area contributed by atoms with E-state index in [0.29, 0.717) is 0 Å². The van der Waals surface area contributed by atoms with Crippen LogP contribution in [0.15, 0.2) is 66.0 Å². The third-order valence-corrected chi connectivity index (χ3v) is 4.86. The molecule has 3 aromatic rings. The van der Waals surface area contributed by atoms with Crippen LogP contribution in [0.5, 0.6) is 0 Å². The summed E-state index contributed by atoms with van der Waals surface area (Å²) in [7, 11) is 8.19. The first-order valence-corrected chi connectivity index (χ1v) is 9.91. The van der Waals surface area contributed by atoms with Crippen LogP contribution < -0.4 is 19.9 Å². The molecule has 0 fully saturated rings. The molecule has 1 heterocycles. The SMILES string of the molecule is CCc1n(NCc2ccc(N(C)C)cc2)cc[n+]1/N=C/c1ccc(N(C)C)cc1. The summed E-state index contributed by atoms with van der Waals surface area (Å²) in [6.45, 7) is 2.89. The third kappa shape index (κ3) is 5.16. The van der Waals surface area contributed by atoms with Crippen molar-refractivity contribution >= 4 is 17.6 Å². The van der Waals surface area contributed by atoms with Gasteiger partial charge in [0.25, 0.3) is 0 Å². The number of rotatable bonds is 8. The lowest BCUT2D eigenvalue weighted by molar-refractivity contribution is -0.685. The zero-order chi connectivity index (χ0) is 20.8. The molecule has 0 aliphatic rings. The van der Waals surface area contributed by atoms with E-state index in [4.69, 9.17) is 0 Å². The van der Waals surface area contributed by atoms with Crippen molar-refractivity contribution in [3.63, 3.8) is 0 Å². The third-order valence-electron chi connectivity index (χ3n) is 4.86. The first-order valence-electron chi connectivity index (χ1n) is 9.91. The Hall–Kier alpha value is -3.28. The van der Waals surface area contributed by atoms with Crippen LogP contribution in [0.4, 0.5) is 11.4 Å². The number of imidazole rings is 1. The van der Waals surface area contributed by atoms with Crippen molar-refractivity contribution in [2.45, 2.75) is 19.9 Å². The van der Waals surface area contributed by atoms with Gasteiger partial charge in [-0.25, -0.2) is 0 Å². The van der Waals surface area contributed by atoms with Gasteiger partial charge in [0.2, 0.25) is 0 Å². The normalized spacial score (nSPS) is 11.1. The maximum absolute atomic E-state index is 4.64.